The van der Waals surface area contributed by atoms with Gasteiger partial charge in [0.05, 0.1) is 0 Å². The topological polar surface area (TPSA) is 58.1 Å². The van der Waals surface area contributed by atoms with Crippen LogP contribution in [0.15, 0.2) is 12.3 Å². The molecule has 1 aromatic rings. The first-order chi connectivity index (χ1) is 8.22. The lowest BCUT2D eigenvalue weighted by Gasteiger charge is -2.34. The second-order valence-electron chi connectivity index (χ2n) is 4.29. The molecule has 1 aromatic heterocycles. The molecule has 0 aromatic carbocycles. The van der Waals surface area contributed by atoms with Crippen LogP contribution in [-0.2, 0) is 4.79 Å². The van der Waals surface area contributed by atoms with E-state index in [2.05, 4.69) is 22.2 Å². The molecule has 1 atom stereocenters. The van der Waals surface area contributed by atoms with Crippen molar-refractivity contribution in [1.29, 1.82) is 0 Å². The number of anilines is 1. The van der Waals surface area contributed by atoms with Crippen molar-refractivity contribution >= 4 is 11.9 Å². The number of rotatable bonds is 3. The Hall–Kier alpha value is -1.65. The molecule has 5 heteroatoms. The zero-order valence-electron chi connectivity index (χ0n) is 10.3. The first-order valence-electron chi connectivity index (χ1n) is 6.06. The summed E-state index contributed by atoms with van der Waals surface area (Å²) in [6.07, 6.45) is 3.55. The van der Waals surface area contributed by atoms with Crippen LogP contribution < -0.4 is 10.2 Å². The second-order valence-corrected chi connectivity index (χ2v) is 4.29. The summed E-state index contributed by atoms with van der Waals surface area (Å²) in [6.45, 7) is 5.46. The molecular formula is C12H18N4O. The average Bonchev–Trinajstić information content (AvgIpc) is 2.32. The molecule has 0 radical (unpaired) electrons. The van der Waals surface area contributed by atoms with Crippen molar-refractivity contribution in [3.05, 3.63) is 18.0 Å². The van der Waals surface area contributed by atoms with Crippen LogP contribution in [-0.4, -0.2) is 35.0 Å². The number of nitrogens with one attached hydrogen (secondary N) is 1. The van der Waals surface area contributed by atoms with E-state index in [4.69, 9.17) is 0 Å². The van der Waals surface area contributed by atoms with Gasteiger partial charge >= 0.3 is 0 Å². The van der Waals surface area contributed by atoms with E-state index >= 15 is 0 Å². The summed E-state index contributed by atoms with van der Waals surface area (Å²) in [5.74, 6) is 0.751. The molecule has 0 aliphatic carbocycles. The van der Waals surface area contributed by atoms with E-state index in [-0.39, 0.29) is 11.9 Å². The van der Waals surface area contributed by atoms with Gasteiger partial charge in [-0.15, -0.1) is 0 Å². The third-order valence-electron chi connectivity index (χ3n) is 2.93. The lowest BCUT2D eigenvalue weighted by Crippen LogP contribution is -2.55. The van der Waals surface area contributed by atoms with Crippen LogP contribution in [0.4, 0.5) is 5.95 Å². The SMILES string of the molecule is CCCC1C(=O)NCCN1c1nccc(C)n1. The summed E-state index contributed by atoms with van der Waals surface area (Å²) in [6, 6.07) is 1.73. The summed E-state index contributed by atoms with van der Waals surface area (Å²) in [7, 11) is 0. The molecule has 1 aliphatic heterocycles. The largest absolute Gasteiger partial charge is 0.353 e. The van der Waals surface area contributed by atoms with Crippen molar-refractivity contribution in [1.82, 2.24) is 15.3 Å². The first-order valence-corrected chi connectivity index (χ1v) is 6.06. The van der Waals surface area contributed by atoms with Crippen LogP contribution in [0.3, 0.4) is 0 Å². The summed E-state index contributed by atoms with van der Waals surface area (Å²) in [5.41, 5.74) is 0.927. The maximum absolute atomic E-state index is 11.8. The molecule has 92 valence electrons. The van der Waals surface area contributed by atoms with E-state index < -0.39 is 0 Å². The Morgan fingerprint density at radius 3 is 3.12 bits per heavy atom. The van der Waals surface area contributed by atoms with Gasteiger partial charge in [-0.3, -0.25) is 4.79 Å². The van der Waals surface area contributed by atoms with Gasteiger partial charge in [0.25, 0.3) is 0 Å². The molecule has 17 heavy (non-hydrogen) atoms. The van der Waals surface area contributed by atoms with Crippen molar-refractivity contribution in [2.24, 2.45) is 0 Å². The summed E-state index contributed by atoms with van der Waals surface area (Å²) in [4.78, 5) is 22.5. The van der Waals surface area contributed by atoms with Crippen LogP contribution in [0.2, 0.25) is 0 Å². The van der Waals surface area contributed by atoms with Crippen LogP contribution in [0.25, 0.3) is 0 Å². The summed E-state index contributed by atoms with van der Waals surface area (Å²) < 4.78 is 0. The van der Waals surface area contributed by atoms with Gasteiger partial charge in [0, 0.05) is 25.0 Å². The second kappa shape index (κ2) is 5.12. The van der Waals surface area contributed by atoms with E-state index in [1.165, 1.54) is 0 Å². The minimum atomic E-state index is -0.129. The fourth-order valence-corrected chi connectivity index (χ4v) is 2.09. The quantitative estimate of drug-likeness (QED) is 0.844. The van der Waals surface area contributed by atoms with Gasteiger partial charge in [-0.2, -0.15) is 0 Å². The number of nitrogens with zero attached hydrogens (tertiary/aromatic N) is 3. The molecule has 2 rings (SSSR count). The smallest absolute Gasteiger partial charge is 0.242 e. The Labute approximate surface area is 101 Å². The maximum atomic E-state index is 11.8. The van der Waals surface area contributed by atoms with Crippen molar-refractivity contribution in [3.8, 4) is 0 Å². The number of carbonyl (C=O) groups excluding carboxylic acids is 1. The predicted molar refractivity (Wildman–Crippen MR) is 65.8 cm³/mol. The van der Waals surface area contributed by atoms with E-state index in [0.29, 0.717) is 12.5 Å². The third-order valence-corrected chi connectivity index (χ3v) is 2.93. The van der Waals surface area contributed by atoms with Crippen molar-refractivity contribution in [2.45, 2.75) is 32.7 Å². The molecule has 1 unspecified atom stereocenters. The first kappa shape index (κ1) is 11.8. The Bertz CT molecular complexity index is 407. The molecular weight excluding hydrogens is 216 g/mol. The number of hydrogen-bond donors (Lipinski definition) is 1. The number of carbonyl (C=O) groups is 1. The van der Waals surface area contributed by atoms with Gasteiger partial charge in [0.1, 0.15) is 6.04 Å². The van der Waals surface area contributed by atoms with Gasteiger partial charge in [0.15, 0.2) is 0 Å². The third kappa shape index (κ3) is 2.54. The van der Waals surface area contributed by atoms with Gasteiger partial charge in [-0.1, -0.05) is 13.3 Å². The average molecular weight is 234 g/mol. The van der Waals surface area contributed by atoms with E-state index in [1.807, 2.05) is 17.9 Å². The molecule has 1 amide bonds. The monoisotopic (exact) mass is 234 g/mol. The van der Waals surface area contributed by atoms with Crippen LogP contribution in [0, 0.1) is 6.92 Å². The van der Waals surface area contributed by atoms with Gasteiger partial charge in [-0.25, -0.2) is 9.97 Å². The lowest BCUT2D eigenvalue weighted by molar-refractivity contribution is -0.123. The highest BCUT2D eigenvalue weighted by Crippen LogP contribution is 2.17. The van der Waals surface area contributed by atoms with Crippen LogP contribution in [0.5, 0.6) is 0 Å². The molecule has 0 saturated carbocycles. The molecule has 5 nitrogen and oxygen atoms in total. The zero-order valence-corrected chi connectivity index (χ0v) is 10.3. The Kier molecular flexibility index (Phi) is 3.56. The number of aromatic nitrogens is 2. The van der Waals surface area contributed by atoms with Gasteiger partial charge < -0.3 is 10.2 Å². The van der Waals surface area contributed by atoms with E-state index in [9.17, 15) is 4.79 Å². The molecule has 0 spiro atoms. The standard InChI is InChI=1S/C12H18N4O/c1-3-4-10-11(17)13-7-8-16(10)12-14-6-5-9(2)15-12/h5-6,10H,3-4,7-8H2,1-2H3,(H,13,17). The fourth-order valence-electron chi connectivity index (χ4n) is 2.09. The molecule has 1 N–H and O–H groups in total. The van der Waals surface area contributed by atoms with Crippen molar-refractivity contribution < 1.29 is 4.79 Å². The number of aryl methyl sites for hydroxylation is 1. The fraction of sp³-hybridized carbons (Fsp3) is 0.583. The molecule has 1 saturated heterocycles. The van der Waals surface area contributed by atoms with Crippen molar-refractivity contribution in [3.63, 3.8) is 0 Å². The Morgan fingerprint density at radius 1 is 1.59 bits per heavy atom. The normalized spacial score (nSPS) is 20.2. The Balaban J connectivity index is 2.24. The van der Waals surface area contributed by atoms with Crippen molar-refractivity contribution in [2.75, 3.05) is 18.0 Å². The molecule has 1 aliphatic rings. The van der Waals surface area contributed by atoms with E-state index in [0.717, 1.165) is 25.1 Å². The number of piperazine rings is 1. The molecule has 1 fully saturated rings. The van der Waals surface area contributed by atoms with Gasteiger partial charge in [-0.05, 0) is 19.4 Å². The van der Waals surface area contributed by atoms with Crippen LogP contribution >= 0.6 is 0 Å². The summed E-state index contributed by atoms with van der Waals surface area (Å²) in [5, 5.41) is 2.90. The molecule has 0 bridgehead atoms. The van der Waals surface area contributed by atoms with Crippen LogP contribution in [0.1, 0.15) is 25.5 Å². The summed E-state index contributed by atoms with van der Waals surface area (Å²) >= 11 is 0. The highest BCUT2D eigenvalue weighted by Gasteiger charge is 2.30. The zero-order chi connectivity index (χ0) is 12.3. The molecule has 2 heterocycles. The number of hydrogen-bond acceptors (Lipinski definition) is 4. The highest BCUT2D eigenvalue weighted by molar-refractivity contribution is 5.85. The lowest BCUT2D eigenvalue weighted by atomic mass is 10.1. The maximum Gasteiger partial charge on any atom is 0.242 e. The number of amides is 1. The van der Waals surface area contributed by atoms with E-state index in [1.54, 1.807) is 6.20 Å². The minimum Gasteiger partial charge on any atom is -0.353 e. The minimum absolute atomic E-state index is 0.0863. The Morgan fingerprint density at radius 2 is 2.41 bits per heavy atom. The predicted octanol–water partition coefficient (Wildman–Crippen LogP) is 0.890. The van der Waals surface area contributed by atoms with Gasteiger partial charge in [0.2, 0.25) is 11.9 Å². The highest BCUT2D eigenvalue weighted by atomic mass is 16.2.